The van der Waals surface area contributed by atoms with E-state index in [1.54, 1.807) is 36.4 Å². The SMILES string of the molecule is COc1ccc(C)cc1NC(=O)C1CC(=O)Nc2nc(Nc3ccc(Cl)cc3)[nH]c(=O)c21. The zero-order chi connectivity index (χ0) is 22.8. The summed E-state index contributed by atoms with van der Waals surface area (Å²) in [5.74, 6) is -1.29. The number of nitrogens with one attached hydrogen (secondary N) is 4. The highest BCUT2D eigenvalue weighted by Crippen LogP contribution is 2.32. The van der Waals surface area contributed by atoms with Crippen molar-refractivity contribution in [2.45, 2.75) is 19.3 Å². The smallest absolute Gasteiger partial charge is 0.258 e. The highest BCUT2D eigenvalue weighted by Gasteiger charge is 2.35. The molecular weight excluding hydrogens is 434 g/mol. The van der Waals surface area contributed by atoms with Crippen LogP contribution in [0.1, 0.15) is 23.5 Å². The molecule has 4 N–H and O–H groups in total. The zero-order valence-corrected chi connectivity index (χ0v) is 18.0. The summed E-state index contributed by atoms with van der Waals surface area (Å²) in [7, 11) is 1.49. The Balaban J connectivity index is 1.65. The van der Waals surface area contributed by atoms with Crippen molar-refractivity contribution in [3.8, 4) is 5.75 Å². The van der Waals surface area contributed by atoms with Gasteiger partial charge in [0.2, 0.25) is 17.8 Å². The number of fused-ring (bicyclic) bond motifs is 1. The number of aromatic amines is 1. The topological polar surface area (TPSA) is 125 Å². The van der Waals surface area contributed by atoms with Gasteiger partial charge in [-0.05, 0) is 48.9 Å². The Kier molecular flexibility index (Phi) is 5.83. The van der Waals surface area contributed by atoms with Crippen molar-refractivity contribution in [1.82, 2.24) is 9.97 Å². The lowest BCUT2D eigenvalue weighted by Crippen LogP contribution is -2.36. The van der Waals surface area contributed by atoms with Crippen LogP contribution in [-0.4, -0.2) is 28.9 Å². The molecule has 10 heteroatoms. The fourth-order valence-corrected chi connectivity index (χ4v) is 3.59. The van der Waals surface area contributed by atoms with Gasteiger partial charge in [-0.3, -0.25) is 19.4 Å². The number of halogens is 1. The first kappa shape index (κ1) is 21.4. The minimum absolute atomic E-state index is 0.0396. The molecule has 0 aliphatic carbocycles. The molecule has 2 aromatic carbocycles. The number of nitrogens with zero attached hydrogens (tertiary/aromatic N) is 1. The molecule has 0 radical (unpaired) electrons. The van der Waals surface area contributed by atoms with Gasteiger partial charge in [-0.2, -0.15) is 4.98 Å². The number of carbonyl (C=O) groups excluding carboxylic acids is 2. The Bertz CT molecular complexity index is 1260. The number of benzene rings is 2. The Morgan fingerprint density at radius 2 is 1.94 bits per heavy atom. The number of amides is 2. The molecule has 0 fully saturated rings. The molecule has 0 spiro atoms. The fraction of sp³-hybridized carbons (Fsp3) is 0.182. The van der Waals surface area contributed by atoms with E-state index in [9.17, 15) is 14.4 Å². The number of anilines is 4. The molecule has 2 heterocycles. The maximum atomic E-state index is 13.1. The Labute approximate surface area is 188 Å². The van der Waals surface area contributed by atoms with Crippen molar-refractivity contribution in [1.29, 1.82) is 0 Å². The lowest BCUT2D eigenvalue weighted by Gasteiger charge is -2.24. The number of hydrogen-bond acceptors (Lipinski definition) is 6. The lowest BCUT2D eigenvalue weighted by atomic mass is 9.92. The summed E-state index contributed by atoms with van der Waals surface area (Å²) < 4.78 is 5.29. The molecule has 1 aliphatic heterocycles. The predicted molar refractivity (Wildman–Crippen MR) is 122 cm³/mol. The second-order valence-corrected chi connectivity index (χ2v) is 7.74. The Morgan fingerprint density at radius 1 is 1.19 bits per heavy atom. The van der Waals surface area contributed by atoms with Crippen LogP contribution in [0, 0.1) is 6.92 Å². The Hall–Kier alpha value is -3.85. The van der Waals surface area contributed by atoms with Crippen molar-refractivity contribution >= 4 is 46.6 Å². The summed E-state index contributed by atoms with van der Waals surface area (Å²) in [5, 5.41) is 8.86. The molecule has 32 heavy (non-hydrogen) atoms. The Morgan fingerprint density at radius 3 is 2.66 bits per heavy atom. The minimum Gasteiger partial charge on any atom is -0.495 e. The average Bonchev–Trinajstić information content (AvgIpc) is 2.74. The number of hydrogen-bond donors (Lipinski definition) is 4. The molecule has 1 aromatic heterocycles. The van der Waals surface area contributed by atoms with Crippen molar-refractivity contribution in [3.63, 3.8) is 0 Å². The quantitative estimate of drug-likeness (QED) is 0.468. The van der Waals surface area contributed by atoms with Crippen molar-refractivity contribution in [2.75, 3.05) is 23.1 Å². The number of H-pyrrole nitrogens is 1. The standard InChI is InChI=1S/C22H20ClN5O4/c1-11-3-8-16(32-2)15(9-11)25-20(30)14-10-17(29)26-19-18(14)21(31)28-22(27-19)24-13-6-4-12(23)5-7-13/h3-9,14H,10H2,1-2H3,(H,25,30)(H3,24,26,27,28,29,31). The van der Waals surface area contributed by atoms with Gasteiger partial charge in [0.05, 0.1) is 24.3 Å². The van der Waals surface area contributed by atoms with Crippen LogP contribution in [0.4, 0.5) is 23.1 Å². The maximum Gasteiger partial charge on any atom is 0.258 e. The van der Waals surface area contributed by atoms with E-state index in [4.69, 9.17) is 16.3 Å². The van der Waals surface area contributed by atoms with E-state index >= 15 is 0 Å². The predicted octanol–water partition coefficient (Wildman–Crippen LogP) is 3.55. The van der Waals surface area contributed by atoms with E-state index in [1.165, 1.54) is 7.11 Å². The molecule has 0 saturated heterocycles. The molecule has 1 aliphatic rings. The summed E-state index contributed by atoms with van der Waals surface area (Å²) >= 11 is 5.89. The number of aryl methyl sites for hydroxylation is 1. The van der Waals surface area contributed by atoms with Gasteiger partial charge in [0.25, 0.3) is 5.56 Å². The summed E-state index contributed by atoms with van der Waals surface area (Å²) in [6.07, 6.45) is -0.179. The van der Waals surface area contributed by atoms with Gasteiger partial charge in [0.1, 0.15) is 11.6 Å². The molecule has 1 atom stereocenters. The van der Waals surface area contributed by atoms with Gasteiger partial charge in [0, 0.05) is 17.1 Å². The summed E-state index contributed by atoms with van der Waals surface area (Å²) in [6, 6.07) is 12.1. The lowest BCUT2D eigenvalue weighted by molar-refractivity contribution is -0.123. The summed E-state index contributed by atoms with van der Waals surface area (Å²) in [6.45, 7) is 1.88. The molecule has 0 saturated carbocycles. The van der Waals surface area contributed by atoms with Crippen LogP contribution in [0.2, 0.25) is 5.02 Å². The highest BCUT2D eigenvalue weighted by molar-refractivity contribution is 6.30. The van der Waals surface area contributed by atoms with Crippen LogP contribution in [0.25, 0.3) is 0 Å². The average molecular weight is 454 g/mol. The number of methoxy groups -OCH3 is 1. The number of carbonyl (C=O) groups is 2. The van der Waals surface area contributed by atoms with Gasteiger partial charge in [0.15, 0.2) is 0 Å². The third-order valence-electron chi connectivity index (χ3n) is 4.99. The van der Waals surface area contributed by atoms with E-state index in [0.29, 0.717) is 22.1 Å². The van der Waals surface area contributed by atoms with Gasteiger partial charge in [-0.15, -0.1) is 0 Å². The van der Waals surface area contributed by atoms with E-state index in [2.05, 4.69) is 25.9 Å². The van der Waals surface area contributed by atoms with Crippen LogP contribution in [0.15, 0.2) is 47.3 Å². The molecule has 2 amide bonds. The molecule has 4 rings (SSSR count). The number of ether oxygens (including phenoxy) is 1. The second-order valence-electron chi connectivity index (χ2n) is 7.31. The van der Waals surface area contributed by atoms with Crippen LogP contribution in [0.3, 0.4) is 0 Å². The first-order valence-corrected chi connectivity index (χ1v) is 10.1. The van der Waals surface area contributed by atoms with Gasteiger partial charge in [-0.1, -0.05) is 17.7 Å². The molecule has 9 nitrogen and oxygen atoms in total. The van der Waals surface area contributed by atoms with Crippen LogP contribution in [-0.2, 0) is 9.59 Å². The van der Waals surface area contributed by atoms with Crippen molar-refractivity contribution in [2.24, 2.45) is 0 Å². The maximum absolute atomic E-state index is 13.1. The monoisotopic (exact) mass is 453 g/mol. The van der Waals surface area contributed by atoms with E-state index in [-0.39, 0.29) is 23.8 Å². The molecule has 3 aromatic rings. The van der Waals surface area contributed by atoms with E-state index in [1.807, 2.05) is 13.0 Å². The zero-order valence-electron chi connectivity index (χ0n) is 17.3. The van der Waals surface area contributed by atoms with Crippen LogP contribution < -0.4 is 26.2 Å². The minimum atomic E-state index is -1.01. The fourth-order valence-electron chi connectivity index (χ4n) is 3.46. The van der Waals surface area contributed by atoms with Crippen LogP contribution >= 0.6 is 11.6 Å². The summed E-state index contributed by atoms with van der Waals surface area (Å²) in [4.78, 5) is 45.1. The third-order valence-corrected chi connectivity index (χ3v) is 5.24. The van der Waals surface area contributed by atoms with Gasteiger partial charge < -0.3 is 20.7 Å². The normalized spacial score (nSPS) is 14.8. The van der Waals surface area contributed by atoms with Gasteiger partial charge >= 0.3 is 0 Å². The second kappa shape index (κ2) is 8.72. The molecule has 0 bridgehead atoms. The van der Waals surface area contributed by atoms with Crippen molar-refractivity contribution < 1.29 is 14.3 Å². The highest BCUT2D eigenvalue weighted by atomic mass is 35.5. The summed E-state index contributed by atoms with van der Waals surface area (Å²) in [5.41, 5.74) is 1.58. The molecular formula is C22H20ClN5O4. The van der Waals surface area contributed by atoms with Crippen LogP contribution in [0.5, 0.6) is 5.75 Å². The number of rotatable bonds is 5. The van der Waals surface area contributed by atoms with Crippen molar-refractivity contribution in [3.05, 3.63) is 69.0 Å². The largest absolute Gasteiger partial charge is 0.495 e. The molecule has 164 valence electrons. The van der Waals surface area contributed by atoms with E-state index in [0.717, 1.165) is 5.56 Å². The van der Waals surface area contributed by atoms with E-state index < -0.39 is 23.3 Å². The first-order valence-electron chi connectivity index (χ1n) is 9.76. The first-order chi connectivity index (χ1) is 15.3. The number of aromatic nitrogens is 2. The van der Waals surface area contributed by atoms with Gasteiger partial charge in [-0.25, -0.2) is 0 Å². The third kappa shape index (κ3) is 4.42. The molecule has 1 unspecified atom stereocenters.